The van der Waals surface area contributed by atoms with Gasteiger partial charge in [-0.25, -0.2) is 9.97 Å². The first-order valence-electron chi connectivity index (χ1n) is 4.73. The van der Waals surface area contributed by atoms with Crippen molar-refractivity contribution in [3.63, 3.8) is 0 Å². The molecule has 0 amide bonds. The van der Waals surface area contributed by atoms with Gasteiger partial charge in [-0.3, -0.25) is 9.36 Å². The summed E-state index contributed by atoms with van der Waals surface area (Å²) in [6, 6.07) is 0. The Labute approximate surface area is 79.8 Å². The second-order valence-corrected chi connectivity index (χ2v) is 3.75. The van der Waals surface area contributed by atoms with Crippen LogP contribution in [0.5, 0.6) is 0 Å². The van der Waals surface area contributed by atoms with Gasteiger partial charge in [0.25, 0.3) is 5.56 Å². The molecule has 5 heteroatoms. The lowest BCUT2D eigenvalue weighted by molar-refractivity contribution is 0.601. The predicted octanol–water partition coefficient (Wildman–Crippen LogP) is 0.530. The number of nitrogens with one attached hydrogen (secondary N) is 1. The molecule has 1 N–H and O–H groups in total. The van der Waals surface area contributed by atoms with Gasteiger partial charge in [-0.05, 0) is 18.8 Å². The number of rotatable bonds is 2. The molecular formula is C9H10N4O. The van der Waals surface area contributed by atoms with Crippen molar-refractivity contribution in [2.45, 2.75) is 19.4 Å². The molecule has 0 atom stereocenters. The minimum absolute atomic E-state index is 0.0144. The molecule has 2 heterocycles. The quantitative estimate of drug-likeness (QED) is 0.751. The van der Waals surface area contributed by atoms with Crippen LogP contribution in [-0.2, 0) is 6.54 Å². The highest BCUT2D eigenvalue weighted by molar-refractivity contribution is 5.67. The molecule has 1 aliphatic rings. The molecule has 3 rings (SSSR count). The molecule has 0 spiro atoms. The molecular weight excluding hydrogens is 180 g/mol. The second-order valence-electron chi connectivity index (χ2n) is 3.75. The van der Waals surface area contributed by atoms with Gasteiger partial charge in [0.2, 0.25) is 0 Å². The van der Waals surface area contributed by atoms with Crippen molar-refractivity contribution in [2.75, 3.05) is 0 Å². The lowest BCUT2D eigenvalue weighted by Crippen LogP contribution is -2.21. The molecule has 2 aromatic rings. The zero-order chi connectivity index (χ0) is 9.54. The number of fused-ring (bicyclic) bond motifs is 1. The van der Waals surface area contributed by atoms with E-state index < -0.39 is 0 Å². The van der Waals surface area contributed by atoms with E-state index in [2.05, 4.69) is 15.0 Å². The summed E-state index contributed by atoms with van der Waals surface area (Å²) in [5.74, 6) is 0.676. The van der Waals surface area contributed by atoms with E-state index in [4.69, 9.17) is 0 Å². The van der Waals surface area contributed by atoms with Gasteiger partial charge in [0.05, 0.1) is 6.33 Å². The SMILES string of the molecule is O=c1c2[nH]cnc2ncn1CC1CC1. The van der Waals surface area contributed by atoms with E-state index in [0.29, 0.717) is 17.1 Å². The second kappa shape index (κ2) is 2.67. The van der Waals surface area contributed by atoms with Crippen LogP contribution in [0.3, 0.4) is 0 Å². The number of imidazole rings is 1. The van der Waals surface area contributed by atoms with Gasteiger partial charge in [-0.1, -0.05) is 0 Å². The fraction of sp³-hybridized carbons (Fsp3) is 0.444. The zero-order valence-corrected chi connectivity index (χ0v) is 7.60. The maximum Gasteiger partial charge on any atom is 0.279 e. The highest BCUT2D eigenvalue weighted by Crippen LogP contribution is 2.29. The van der Waals surface area contributed by atoms with Crippen molar-refractivity contribution < 1.29 is 0 Å². The first kappa shape index (κ1) is 7.73. The topological polar surface area (TPSA) is 63.6 Å². The molecule has 0 saturated heterocycles. The Morgan fingerprint density at radius 1 is 1.50 bits per heavy atom. The maximum absolute atomic E-state index is 11.8. The molecule has 0 aliphatic heterocycles. The Hall–Kier alpha value is -1.65. The van der Waals surface area contributed by atoms with E-state index >= 15 is 0 Å². The Morgan fingerprint density at radius 3 is 3.14 bits per heavy atom. The Balaban J connectivity index is 2.14. The van der Waals surface area contributed by atoms with Gasteiger partial charge < -0.3 is 4.98 Å². The predicted molar refractivity (Wildman–Crippen MR) is 50.9 cm³/mol. The molecule has 0 unspecified atom stereocenters. The third-order valence-electron chi connectivity index (χ3n) is 2.57. The highest BCUT2D eigenvalue weighted by Gasteiger charge is 2.22. The number of hydrogen-bond acceptors (Lipinski definition) is 3. The lowest BCUT2D eigenvalue weighted by Gasteiger charge is -2.01. The van der Waals surface area contributed by atoms with Crippen molar-refractivity contribution in [1.29, 1.82) is 0 Å². The molecule has 2 aromatic heterocycles. The summed E-state index contributed by atoms with van der Waals surface area (Å²) in [6.07, 6.45) is 5.55. The van der Waals surface area contributed by atoms with E-state index in [-0.39, 0.29) is 5.56 Å². The fourth-order valence-corrected chi connectivity index (χ4v) is 1.57. The molecule has 0 radical (unpaired) electrons. The van der Waals surface area contributed by atoms with Crippen LogP contribution in [0, 0.1) is 5.92 Å². The standard InChI is InChI=1S/C9H10N4O/c14-9-7-8(11-4-10-7)12-5-13(9)3-6-1-2-6/h4-6H,1-3H2,(H,10,11). The lowest BCUT2D eigenvalue weighted by atomic mass is 10.4. The number of H-pyrrole nitrogens is 1. The molecule has 0 aromatic carbocycles. The van der Waals surface area contributed by atoms with Gasteiger partial charge >= 0.3 is 0 Å². The first-order chi connectivity index (χ1) is 6.84. The van der Waals surface area contributed by atoms with Gasteiger partial charge in [0, 0.05) is 6.54 Å². The van der Waals surface area contributed by atoms with Gasteiger partial charge in [-0.2, -0.15) is 0 Å². The van der Waals surface area contributed by atoms with Crippen molar-refractivity contribution >= 4 is 11.2 Å². The number of nitrogens with zero attached hydrogens (tertiary/aromatic N) is 3. The van der Waals surface area contributed by atoms with E-state index in [1.807, 2.05) is 0 Å². The summed E-state index contributed by atoms with van der Waals surface area (Å²) in [4.78, 5) is 22.7. The summed E-state index contributed by atoms with van der Waals surface area (Å²) in [7, 11) is 0. The summed E-state index contributed by atoms with van der Waals surface area (Å²) in [6.45, 7) is 0.792. The number of hydrogen-bond donors (Lipinski definition) is 1. The Kier molecular flexibility index (Phi) is 1.47. The van der Waals surface area contributed by atoms with Gasteiger partial charge in [0.15, 0.2) is 11.2 Å². The Bertz CT molecular complexity index is 523. The van der Waals surface area contributed by atoms with Crippen LogP contribution in [0.2, 0.25) is 0 Å². The van der Waals surface area contributed by atoms with E-state index in [1.54, 1.807) is 10.9 Å². The number of aromatic amines is 1. The third kappa shape index (κ3) is 1.13. The highest BCUT2D eigenvalue weighted by atomic mass is 16.1. The van der Waals surface area contributed by atoms with Crippen LogP contribution >= 0.6 is 0 Å². The smallest absolute Gasteiger partial charge is 0.279 e. The van der Waals surface area contributed by atoms with Crippen LogP contribution in [0.15, 0.2) is 17.4 Å². The summed E-state index contributed by atoms with van der Waals surface area (Å²) in [5.41, 5.74) is 0.995. The van der Waals surface area contributed by atoms with Crippen LogP contribution in [0.4, 0.5) is 0 Å². The summed E-state index contributed by atoms with van der Waals surface area (Å²) >= 11 is 0. The molecule has 0 bridgehead atoms. The average molecular weight is 190 g/mol. The molecule has 5 nitrogen and oxygen atoms in total. The normalized spacial score (nSPS) is 16.3. The molecule has 14 heavy (non-hydrogen) atoms. The molecule has 1 fully saturated rings. The molecule has 1 saturated carbocycles. The molecule has 1 aliphatic carbocycles. The monoisotopic (exact) mass is 190 g/mol. The summed E-state index contributed by atoms with van der Waals surface area (Å²) in [5, 5.41) is 0. The largest absolute Gasteiger partial charge is 0.339 e. The van der Waals surface area contributed by atoms with Crippen LogP contribution in [0.1, 0.15) is 12.8 Å². The zero-order valence-electron chi connectivity index (χ0n) is 7.60. The van der Waals surface area contributed by atoms with Crippen LogP contribution in [-0.4, -0.2) is 19.5 Å². The maximum atomic E-state index is 11.8. The summed E-state index contributed by atoms with van der Waals surface area (Å²) < 4.78 is 1.66. The average Bonchev–Trinajstić information content (AvgIpc) is 2.85. The van der Waals surface area contributed by atoms with Crippen molar-refractivity contribution in [3.05, 3.63) is 23.0 Å². The van der Waals surface area contributed by atoms with Gasteiger partial charge in [0.1, 0.15) is 6.33 Å². The van der Waals surface area contributed by atoms with Crippen LogP contribution < -0.4 is 5.56 Å². The van der Waals surface area contributed by atoms with Gasteiger partial charge in [-0.15, -0.1) is 0 Å². The third-order valence-corrected chi connectivity index (χ3v) is 2.57. The van der Waals surface area contributed by atoms with E-state index in [1.165, 1.54) is 19.2 Å². The first-order valence-corrected chi connectivity index (χ1v) is 4.73. The van der Waals surface area contributed by atoms with Crippen LogP contribution in [0.25, 0.3) is 11.2 Å². The Morgan fingerprint density at radius 2 is 2.36 bits per heavy atom. The van der Waals surface area contributed by atoms with Crippen molar-refractivity contribution in [2.24, 2.45) is 5.92 Å². The fourth-order valence-electron chi connectivity index (χ4n) is 1.57. The van der Waals surface area contributed by atoms with Crippen molar-refractivity contribution in [3.8, 4) is 0 Å². The number of aromatic nitrogens is 4. The van der Waals surface area contributed by atoms with E-state index in [0.717, 1.165) is 6.54 Å². The minimum Gasteiger partial charge on any atom is -0.339 e. The molecule has 72 valence electrons. The minimum atomic E-state index is -0.0144. The van der Waals surface area contributed by atoms with E-state index in [9.17, 15) is 4.79 Å². The van der Waals surface area contributed by atoms with Crippen molar-refractivity contribution in [1.82, 2.24) is 19.5 Å².